The molecule has 43 heavy (non-hydrogen) atoms. The van der Waals surface area contributed by atoms with Crippen molar-refractivity contribution in [2.24, 2.45) is 10.8 Å². The number of nitrogens with zero attached hydrogens (tertiary/aromatic N) is 1. The summed E-state index contributed by atoms with van der Waals surface area (Å²) in [5.74, 6) is -3.57. The van der Waals surface area contributed by atoms with Crippen LogP contribution in [0.2, 0.25) is 0 Å². The molecule has 0 spiro atoms. The fraction of sp³-hybridized carbons (Fsp3) is 0.444. The van der Waals surface area contributed by atoms with E-state index in [-0.39, 0.29) is 11.8 Å². The van der Waals surface area contributed by atoms with Gasteiger partial charge in [-0.05, 0) is 94.9 Å². The molecule has 0 saturated carbocycles. The number of hydrogen-bond donors (Lipinski definition) is 3. The van der Waals surface area contributed by atoms with E-state index in [1.54, 1.807) is 19.9 Å². The standard InChI is InChI=1S/C36H43FN2O4/c1-25-34(3,32(40)41)31(27-12-10-17-30(37)24-27)36(33(42)43,26(2)38-25)18-11-21-39-22-19-35(20-23-39,28-13-6-4-7-14-28)29-15-8-5-9-16-29/h4-10,12-17,24-26,31,38H,11,18-23H2,1-3H3,(H,40,41)(H,42,43). The average molecular weight is 587 g/mol. The summed E-state index contributed by atoms with van der Waals surface area (Å²) in [4.78, 5) is 28.6. The molecule has 2 fully saturated rings. The molecule has 0 aromatic heterocycles. The van der Waals surface area contributed by atoms with Gasteiger partial charge in [0.2, 0.25) is 0 Å². The van der Waals surface area contributed by atoms with Gasteiger partial charge in [-0.25, -0.2) is 4.39 Å². The Morgan fingerprint density at radius 2 is 1.44 bits per heavy atom. The van der Waals surface area contributed by atoms with Crippen LogP contribution in [0.5, 0.6) is 0 Å². The van der Waals surface area contributed by atoms with Crippen molar-refractivity contribution in [3.8, 4) is 0 Å². The summed E-state index contributed by atoms with van der Waals surface area (Å²) in [5, 5.41) is 24.7. The SMILES string of the molecule is CC1NC(C)C(CCCN2CCC(c3ccccc3)(c3ccccc3)CC2)(C(=O)O)C(c2cccc(F)c2)C1(C)C(=O)O. The van der Waals surface area contributed by atoms with Crippen LogP contribution in [0.15, 0.2) is 84.9 Å². The summed E-state index contributed by atoms with van der Waals surface area (Å²) in [6.07, 6.45) is 2.75. The molecule has 2 aliphatic rings. The molecule has 3 aromatic rings. The van der Waals surface area contributed by atoms with Crippen LogP contribution in [0.3, 0.4) is 0 Å². The highest BCUT2D eigenvalue weighted by atomic mass is 19.1. The second-order valence-corrected chi connectivity index (χ2v) is 12.8. The monoisotopic (exact) mass is 586 g/mol. The lowest BCUT2D eigenvalue weighted by molar-refractivity contribution is -0.171. The van der Waals surface area contributed by atoms with Crippen molar-refractivity contribution in [3.63, 3.8) is 0 Å². The quantitative estimate of drug-likeness (QED) is 0.272. The molecular weight excluding hydrogens is 543 g/mol. The number of benzene rings is 3. The Hall–Kier alpha value is -3.55. The van der Waals surface area contributed by atoms with Gasteiger partial charge in [0.05, 0.1) is 10.8 Å². The van der Waals surface area contributed by atoms with E-state index in [1.165, 1.54) is 29.3 Å². The minimum atomic E-state index is -1.46. The van der Waals surface area contributed by atoms with Crippen molar-refractivity contribution >= 4 is 11.9 Å². The lowest BCUT2D eigenvalue weighted by Crippen LogP contribution is -2.68. The van der Waals surface area contributed by atoms with Gasteiger partial charge >= 0.3 is 11.9 Å². The Kier molecular flexibility index (Phi) is 8.77. The molecule has 5 atom stereocenters. The summed E-state index contributed by atoms with van der Waals surface area (Å²) in [6, 6.07) is 26.1. The number of likely N-dealkylation sites (tertiary alicyclic amines) is 1. The predicted octanol–water partition coefficient (Wildman–Crippen LogP) is 6.31. The molecule has 228 valence electrons. The van der Waals surface area contributed by atoms with E-state index < -0.39 is 46.6 Å². The zero-order chi connectivity index (χ0) is 30.8. The Morgan fingerprint density at radius 3 is 1.95 bits per heavy atom. The predicted molar refractivity (Wildman–Crippen MR) is 166 cm³/mol. The molecule has 0 radical (unpaired) electrons. The second kappa shape index (κ2) is 12.2. The van der Waals surface area contributed by atoms with Crippen LogP contribution in [0.1, 0.15) is 69.1 Å². The first-order valence-electron chi connectivity index (χ1n) is 15.4. The summed E-state index contributed by atoms with van der Waals surface area (Å²) in [5.41, 5.74) is 0.0579. The lowest BCUT2D eigenvalue weighted by Gasteiger charge is -2.56. The molecule has 5 rings (SSSR count). The van der Waals surface area contributed by atoms with E-state index in [4.69, 9.17) is 0 Å². The zero-order valence-electron chi connectivity index (χ0n) is 25.3. The molecule has 0 bridgehead atoms. The third kappa shape index (κ3) is 5.38. The molecule has 2 heterocycles. The molecule has 3 N–H and O–H groups in total. The van der Waals surface area contributed by atoms with Crippen LogP contribution in [-0.2, 0) is 15.0 Å². The Bertz CT molecular complexity index is 1380. The molecule has 2 saturated heterocycles. The van der Waals surface area contributed by atoms with Gasteiger partial charge in [-0.3, -0.25) is 9.59 Å². The number of hydrogen-bond acceptors (Lipinski definition) is 4. The maximum Gasteiger partial charge on any atom is 0.311 e. The lowest BCUT2D eigenvalue weighted by atomic mass is 9.51. The van der Waals surface area contributed by atoms with Crippen molar-refractivity contribution in [2.45, 2.75) is 69.9 Å². The number of halogens is 1. The molecule has 7 heteroatoms. The van der Waals surface area contributed by atoms with Crippen LogP contribution in [0.25, 0.3) is 0 Å². The Balaban J connectivity index is 1.39. The second-order valence-electron chi connectivity index (χ2n) is 12.8. The van der Waals surface area contributed by atoms with Crippen LogP contribution >= 0.6 is 0 Å². The first kappa shape index (κ1) is 30.9. The summed E-state index contributed by atoms with van der Waals surface area (Å²) >= 11 is 0. The van der Waals surface area contributed by atoms with E-state index in [0.717, 1.165) is 25.9 Å². The first-order valence-corrected chi connectivity index (χ1v) is 15.4. The van der Waals surface area contributed by atoms with Gasteiger partial charge in [0, 0.05) is 23.4 Å². The molecule has 0 amide bonds. The topological polar surface area (TPSA) is 89.9 Å². The highest BCUT2D eigenvalue weighted by Crippen LogP contribution is 2.57. The van der Waals surface area contributed by atoms with Crippen LogP contribution < -0.4 is 5.32 Å². The minimum Gasteiger partial charge on any atom is -0.481 e. The van der Waals surface area contributed by atoms with E-state index in [1.807, 2.05) is 19.1 Å². The third-order valence-corrected chi connectivity index (χ3v) is 10.8. The van der Waals surface area contributed by atoms with Crippen LogP contribution in [0, 0.1) is 16.6 Å². The number of rotatable bonds is 9. The maximum atomic E-state index is 14.5. The van der Waals surface area contributed by atoms with Crippen molar-refractivity contribution in [1.82, 2.24) is 10.2 Å². The van der Waals surface area contributed by atoms with Crippen molar-refractivity contribution in [2.75, 3.05) is 19.6 Å². The third-order valence-electron chi connectivity index (χ3n) is 10.8. The fourth-order valence-electron chi connectivity index (χ4n) is 8.16. The smallest absolute Gasteiger partial charge is 0.311 e. The summed E-state index contributed by atoms with van der Waals surface area (Å²) in [6.45, 7) is 7.65. The summed E-state index contributed by atoms with van der Waals surface area (Å²) < 4.78 is 14.5. The molecule has 0 aliphatic carbocycles. The summed E-state index contributed by atoms with van der Waals surface area (Å²) in [7, 11) is 0. The van der Waals surface area contributed by atoms with Crippen molar-refractivity contribution < 1.29 is 24.2 Å². The van der Waals surface area contributed by atoms with Gasteiger partial charge in [-0.2, -0.15) is 0 Å². The van der Waals surface area contributed by atoms with Crippen LogP contribution in [-0.4, -0.2) is 58.8 Å². The Labute approximate surface area is 253 Å². The number of nitrogens with one attached hydrogen (secondary N) is 1. The number of piperidine rings is 2. The largest absolute Gasteiger partial charge is 0.481 e. The molecular formula is C36H43FN2O4. The van der Waals surface area contributed by atoms with E-state index >= 15 is 0 Å². The van der Waals surface area contributed by atoms with Gasteiger partial charge < -0.3 is 20.4 Å². The zero-order valence-corrected chi connectivity index (χ0v) is 25.3. The molecule has 2 aliphatic heterocycles. The van der Waals surface area contributed by atoms with Gasteiger partial charge in [0.15, 0.2) is 0 Å². The van der Waals surface area contributed by atoms with E-state index in [2.05, 4.69) is 58.7 Å². The maximum absolute atomic E-state index is 14.5. The number of carbonyl (C=O) groups is 2. The number of carboxylic acid groups (broad SMARTS) is 2. The van der Waals surface area contributed by atoms with E-state index in [0.29, 0.717) is 18.5 Å². The van der Waals surface area contributed by atoms with Crippen molar-refractivity contribution in [3.05, 3.63) is 107 Å². The minimum absolute atomic E-state index is 0.0783. The number of carboxylic acids is 2. The molecule has 6 nitrogen and oxygen atoms in total. The molecule has 5 unspecified atom stereocenters. The van der Waals surface area contributed by atoms with Gasteiger partial charge in [-0.15, -0.1) is 0 Å². The number of aliphatic carboxylic acids is 2. The first-order chi connectivity index (χ1) is 20.6. The highest BCUT2D eigenvalue weighted by Gasteiger charge is 2.64. The van der Waals surface area contributed by atoms with Crippen molar-refractivity contribution in [1.29, 1.82) is 0 Å². The fourth-order valence-corrected chi connectivity index (χ4v) is 8.16. The molecule has 3 aromatic carbocycles. The van der Waals surface area contributed by atoms with Gasteiger partial charge in [0.1, 0.15) is 5.82 Å². The highest BCUT2D eigenvalue weighted by molar-refractivity contribution is 5.83. The van der Waals surface area contributed by atoms with Gasteiger partial charge in [0.25, 0.3) is 0 Å². The average Bonchev–Trinajstić information content (AvgIpc) is 3.00. The van der Waals surface area contributed by atoms with Crippen LogP contribution in [0.4, 0.5) is 4.39 Å². The van der Waals surface area contributed by atoms with E-state index in [9.17, 15) is 24.2 Å². The Morgan fingerprint density at radius 1 is 0.860 bits per heavy atom. The van der Waals surface area contributed by atoms with Gasteiger partial charge in [-0.1, -0.05) is 72.8 Å². The normalized spacial score (nSPS) is 29.2.